The maximum atomic E-state index is 6.75. The summed E-state index contributed by atoms with van der Waals surface area (Å²) in [6, 6.07) is 6.21. The average molecular weight is 309 g/mol. The van der Waals surface area contributed by atoms with Crippen molar-refractivity contribution in [3.05, 3.63) is 23.8 Å². The molecule has 0 bridgehead atoms. The molecule has 0 radical (unpaired) electrons. The first kappa shape index (κ1) is 15.0. The van der Waals surface area contributed by atoms with E-state index in [4.69, 9.17) is 21.1 Å². The second kappa shape index (κ2) is 6.48. The Kier molecular flexibility index (Phi) is 4.63. The second-order valence-electron chi connectivity index (χ2n) is 6.86. The van der Waals surface area contributed by atoms with E-state index >= 15 is 0 Å². The smallest absolute Gasteiger partial charge is 0.161 e. The van der Waals surface area contributed by atoms with E-state index in [-0.39, 0.29) is 5.38 Å². The lowest BCUT2D eigenvalue weighted by Crippen LogP contribution is -2.16. The summed E-state index contributed by atoms with van der Waals surface area (Å²) < 4.78 is 11.7. The van der Waals surface area contributed by atoms with E-state index in [0.717, 1.165) is 24.0 Å². The summed E-state index contributed by atoms with van der Waals surface area (Å²) in [4.78, 5) is 0. The fourth-order valence-corrected chi connectivity index (χ4v) is 3.68. The quantitative estimate of drug-likeness (QED) is 0.699. The molecule has 2 aliphatic rings. The highest BCUT2D eigenvalue weighted by Gasteiger charge is 2.27. The third kappa shape index (κ3) is 3.48. The number of halogens is 1. The van der Waals surface area contributed by atoms with Gasteiger partial charge < -0.3 is 9.47 Å². The minimum atomic E-state index is 0.0899. The molecule has 2 unspecified atom stereocenters. The number of hydrogen-bond donors (Lipinski definition) is 0. The topological polar surface area (TPSA) is 18.5 Å². The van der Waals surface area contributed by atoms with Gasteiger partial charge in [0.2, 0.25) is 0 Å². The van der Waals surface area contributed by atoms with Crippen LogP contribution in [0, 0.1) is 17.8 Å². The molecule has 1 aliphatic heterocycles. The molecule has 0 saturated heterocycles. The molecule has 0 N–H and O–H groups in total. The molecule has 1 aromatic rings. The molecule has 2 nitrogen and oxygen atoms in total. The van der Waals surface area contributed by atoms with Gasteiger partial charge in [0.25, 0.3) is 0 Å². The van der Waals surface area contributed by atoms with Crippen LogP contribution >= 0.6 is 11.6 Å². The van der Waals surface area contributed by atoms with E-state index in [1.165, 1.54) is 31.2 Å². The van der Waals surface area contributed by atoms with Crippen molar-refractivity contribution in [3.8, 4) is 11.5 Å². The lowest BCUT2D eigenvalue weighted by molar-refractivity contribution is 0.228. The molecular formula is C18H25ClO2. The van der Waals surface area contributed by atoms with Crippen LogP contribution in [-0.2, 0) is 0 Å². The average Bonchev–Trinajstić information content (AvgIpc) is 2.69. The first-order chi connectivity index (χ1) is 10.1. The van der Waals surface area contributed by atoms with Crippen molar-refractivity contribution >= 4 is 11.6 Å². The van der Waals surface area contributed by atoms with Gasteiger partial charge in [0.05, 0.1) is 18.6 Å². The summed E-state index contributed by atoms with van der Waals surface area (Å²) in [7, 11) is 0. The largest absolute Gasteiger partial charge is 0.489 e. The Balaban J connectivity index is 1.74. The number of alkyl halides is 1. The van der Waals surface area contributed by atoms with Crippen LogP contribution in [0.25, 0.3) is 0 Å². The first-order valence-corrected chi connectivity index (χ1v) is 8.60. The van der Waals surface area contributed by atoms with E-state index < -0.39 is 0 Å². The second-order valence-corrected chi connectivity index (χ2v) is 7.33. The molecule has 1 aliphatic carbocycles. The van der Waals surface area contributed by atoms with Gasteiger partial charge in [-0.25, -0.2) is 0 Å². The monoisotopic (exact) mass is 308 g/mol. The number of fused-ring (bicyclic) bond motifs is 1. The lowest BCUT2D eigenvalue weighted by atomic mass is 9.80. The number of hydrogen-bond acceptors (Lipinski definition) is 2. The highest BCUT2D eigenvalue weighted by atomic mass is 35.5. The summed E-state index contributed by atoms with van der Waals surface area (Å²) in [6.07, 6.45) is 5.08. The maximum Gasteiger partial charge on any atom is 0.161 e. The summed E-state index contributed by atoms with van der Waals surface area (Å²) >= 11 is 6.75. The van der Waals surface area contributed by atoms with Crippen molar-refractivity contribution in [3.63, 3.8) is 0 Å². The lowest BCUT2D eigenvalue weighted by Gasteiger charge is -2.30. The van der Waals surface area contributed by atoms with Crippen LogP contribution in [0.1, 0.15) is 50.5 Å². The maximum absolute atomic E-state index is 6.75. The summed E-state index contributed by atoms with van der Waals surface area (Å²) in [6.45, 7) is 5.91. The minimum absolute atomic E-state index is 0.0899. The van der Waals surface area contributed by atoms with E-state index in [1.54, 1.807) is 0 Å². The van der Waals surface area contributed by atoms with Gasteiger partial charge >= 0.3 is 0 Å². The Bertz CT molecular complexity index is 480. The Morgan fingerprint density at radius 3 is 2.33 bits per heavy atom. The molecule has 2 atom stereocenters. The van der Waals surface area contributed by atoms with Crippen LogP contribution in [0.2, 0.25) is 0 Å². The minimum Gasteiger partial charge on any atom is -0.489 e. The normalized spacial score (nSPS) is 30.5. The van der Waals surface area contributed by atoms with Crippen molar-refractivity contribution in [2.45, 2.75) is 44.9 Å². The van der Waals surface area contributed by atoms with Gasteiger partial charge in [0.1, 0.15) is 0 Å². The van der Waals surface area contributed by atoms with Gasteiger partial charge in [0, 0.05) is 5.92 Å². The molecule has 21 heavy (non-hydrogen) atoms. The number of ether oxygens (including phenoxy) is 2. The highest BCUT2D eigenvalue weighted by Crippen LogP contribution is 2.42. The summed E-state index contributed by atoms with van der Waals surface area (Å²) in [5.41, 5.74) is 1.17. The van der Waals surface area contributed by atoms with Gasteiger partial charge in [-0.15, -0.1) is 11.6 Å². The van der Waals surface area contributed by atoms with E-state index in [1.807, 2.05) is 6.07 Å². The third-order valence-corrected chi connectivity index (χ3v) is 5.42. The Morgan fingerprint density at radius 2 is 1.62 bits per heavy atom. The molecule has 0 amide bonds. The Hall–Kier alpha value is -0.890. The van der Waals surface area contributed by atoms with Crippen molar-refractivity contribution in [2.75, 3.05) is 13.2 Å². The zero-order chi connectivity index (χ0) is 14.8. The molecule has 116 valence electrons. The summed E-state index contributed by atoms with van der Waals surface area (Å²) in [5, 5.41) is 0.0899. The highest BCUT2D eigenvalue weighted by molar-refractivity contribution is 6.21. The van der Waals surface area contributed by atoms with Gasteiger partial charge in [-0.2, -0.15) is 0 Å². The predicted octanol–water partition coefficient (Wildman–Crippen LogP) is 5.20. The van der Waals surface area contributed by atoms with Gasteiger partial charge in [-0.05, 0) is 42.4 Å². The van der Waals surface area contributed by atoms with Gasteiger partial charge in [-0.3, -0.25) is 0 Å². The van der Waals surface area contributed by atoms with Crippen molar-refractivity contribution in [2.24, 2.45) is 17.8 Å². The molecule has 3 heteroatoms. The van der Waals surface area contributed by atoms with Crippen molar-refractivity contribution < 1.29 is 9.47 Å². The molecule has 1 fully saturated rings. The Labute approximate surface area is 132 Å². The molecule has 0 spiro atoms. The van der Waals surface area contributed by atoms with Crippen LogP contribution in [0.3, 0.4) is 0 Å². The predicted molar refractivity (Wildman–Crippen MR) is 86.3 cm³/mol. The molecular weight excluding hydrogens is 284 g/mol. The molecule has 1 aromatic carbocycles. The fraction of sp³-hybridized carbons (Fsp3) is 0.667. The molecule has 3 rings (SSSR count). The van der Waals surface area contributed by atoms with Gasteiger partial charge in [-0.1, -0.05) is 32.8 Å². The van der Waals surface area contributed by atoms with Crippen LogP contribution in [0.4, 0.5) is 0 Å². The fourth-order valence-electron chi connectivity index (χ4n) is 3.29. The van der Waals surface area contributed by atoms with E-state index in [0.29, 0.717) is 18.4 Å². The molecule has 1 saturated carbocycles. The number of benzene rings is 1. The van der Waals surface area contributed by atoms with Gasteiger partial charge in [0.15, 0.2) is 11.5 Å². The first-order valence-electron chi connectivity index (χ1n) is 8.17. The van der Waals surface area contributed by atoms with Crippen LogP contribution in [0.15, 0.2) is 18.2 Å². The standard InChI is InChI=1S/C18H25ClO2/c1-12-3-5-14(6-4-12)18(19)15-7-8-16-17(9-15)21-11-13(2)10-20-16/h7-9,12-14,18H,3-6,10-11H2,1-2H3. The van der Waals surface area contributed by atoms with E-state index in [9.17, 15) is 0 Å². The van der Waals surface area contributed by atoms with Crippen LogP contribution in [0.5, 0.6) is 11.5 Å². The van der Waals surface area contributed by atoms with Crippen molar-refractivity contribution in [1.82, 2.24) is 0 Å². The summed E-state index contributed by atoms with van der Waals surface area (Å²) in [5.74, 6) is 3.57. The third-order valence-electron chi connectivity index (χ3n) is 4.81. The zero-order valence-electron chi connectivity index (χ0n) is 13.0. The molecule has 1 heterocycles. The van der Waals surface area contributed by atoms with Crippen LogP contribution < -0.4 is 9.47 Å². The molecule has 0 aromatic heterocycles. The van der Waals surface area contributed by atoms with Crippen LogP contribution in [-0.4, -0.2) is 13.2 Å². The Morgan fingerprint density at radius 1 is 0.952 bits per heavy atom. The van der Waals surface area contributed by atoms with Crippen molar-refractivity contribution in [1.29, 1.82) is 0 Å². The van der Waals surface area contributed by atoms with E-state index in [2.05, 4.69) is 26.0 Å². The SMILES string of the molecule is CC1CCC(C(Cl)c2ccc3c(c2)OCC(C)CO3)CC1. The zero-order valence-corrected chi connectivity index (χ0v) is 13.7. The number of rotatable bonds is 2.